The van der Waals surface area contributed by atoms with Crippen LogP contribution in [0, 0.1) is 0 Å². The Bertz CT molecular complexity index is 644. The standard InChI is InChI=1S/C23H39N5OS/c1-20(27(3)17-21-7-5-4-6-8-21)9-11-25-22(24-2)26-18-23(10-16-30-19-23)28-12-14-29-15-13-28/h4-8,20H,9-19H2,1-3H3,(H2,24,25,26). The molecule has 2 unspecified atom stereocenters. The van der Waals surface area contributed by atoms with Gasteiger partial charge in [0.1, 0.15) is 0 Å². The maximum absolute atomic E-state index is 5.57. The molecule has 1 aromatic carbocycles. The molecule has 0 radical (unpaired) electrons. The summed E-state index contributed by atoms with van der Waals surface area (Å²) in [4.78, 5) is 9.51. The molecular weight excluding hydrogens is 394 g/mol. The molecule has 3 rings (SSSR count). The number of ether oxygens (including phenoxy) is 1. The van der Waals surface area contributed by atoms with Crippen molar-refractivity contribution >= 4 is 17.7 Å². The molecule has 2 saturated heterocycles. The third-order valence-corrected chi connectivity index (χ3v) is 7.69. The molecule has 0 aliphatic carbocycles. The van der Waals surface area contributed by atoms with E-state index in [0.717, 1.165) is 58.3 Å². The molecule has 6 nitrogen and oxygen atoms in total. The summed E-state index contributed by atoms with van der Waals surface area (Å²) in [5, 5.41) is 7.15. The zero-order valence-electron chi connectivity index (χ0n) is 18.9. The monoisotopic (exact) mass is 433 g/mol. The summed E-state index contributed by atoms with van der Waals surface area (Å²) in [5.41, 5.74) is 1.59. The molecule has 168 valence electrons. The topological polar surface area (TPSA) is 52.1 Å². The fraction of sp³-hybridized carbons (Fsp3) is 0.696. The molecule has 0 amide bonds. The SMILES string of the molecule is CN=C(NCCC(C)N(C)Cc1ccccc1)NCC1(N2CCOCC2)CCSC1. The van der Waals surface area contributed by atoms with Gasteiger partial charge in [0.15, 0.2) is 5.96 Å². The first-order valence-electron chi connectivity index (χ1n) is 11.2. The van der Waals surface area contributed by atoms with E-state index in [2.05, 4.69) is 81.5 Å². The average molecular weight is 434 g/mol. The highest BCUT2D eigenvalue weighted by Gasteiger charge is 2.40. The molecule has 1 aromatic rings. The van der Waals surface area contributed by atoms with Crippen LogP contribution in [0.4, 0.5) is 0 Å². The third kappa shape index (κ3) is 6.61. The number of thioether (sulfide) groups is 1. The van der Waals surface area contributed by atoms with Crippen molar-refractivity contribution in [3.05, 3.63) is 35.9 Å². The summed E-state index contributed by atoms with van der Waals surface area (Å²) in [6.45, 7) is 8.93. The van der Waals surface area contributed by atoms with E-state index in [9.17, 15) is 0 Å². The number of rotatable bonds is 9. The van der Waals surface area contributed by atoms with Crippen LogP contribution in [0.1, 0.15) is 25.3 Å². The fourth-order valence-corrected chi connectivity index (χ4v) is 5.73. The van der Waals surface area contributed by atoms with Gasteiger partial charge in [0, 0.05) is 57.1 Å². The molecule has 0 aromatic heterocycles. The Morgan fingerprint density at radius 3 is 2.70 bits per heavy atom. The second-order valence-corrected chi connectivity index (χ2v) is 9.62. The van der Waals surface area contributed by atoms with E-state index in [0.29, 0.717) is 6.04 Å². The van der Waals surface area contributed by atoms with Crippen LogP contribution in [-0.2, 0) is 11.3 Å². The average Bonchev–Trinajstić information content (AvgIpc) is 3.27. The van der Waals surface area contributed by atoms with Crippen LogP contribution in [0.3, 0.4) is 0 Å². The van der Waals surface area contributed by atoms with Crippen molar-refractivity contribution in [2.24, 2.45) is 4.99 Å². The molecule has 0 saturated carbocycles. The molecule has 2 fully saturated rings. The largest absolute Gasteiger partial charge is 0.379 e. The Morgan fingerprint density at radius 1 is 1.27 bits per heavy atom. The number of nitrogens with zero attached hydrogens (tertiary/aromatic N) is 3. The first-order valence-corrected chi connectivity index (χ1v) is 12.4. The predicted octanol–water partition coefficient (Wildman–Crippen LogP) is 2.27. The minimum atomic E-state index is 0.231. The second-order valence-electron chi connectivity index (χ2n) is 8.52. The number of aliphatic imine (C=N–C) groups is 1. The summed E-state index contributed by atoms with van der Waals surface area (Å²) in [6.07, 6.45) is 2.32. The number of benzene rings is 1. The summed E-state index contributed by atoms with van der Waals surface area (Å²) in [6, 6.07) is 11.2. The van der Waals surface area contributed by atoms with Crippen molar-refractivity contribution in [3.63, 3.8) is 0 Å². The van der Waals surface area contributed by atoms with Crippen molar-refractivity contribution in [1.82, 2.24) is 20.4 Å². The van der Waals surface area contributed by atoms with Crippen molar-refractivity contribution in [2.75, 3.05) is 65.0 Å². The Balaban J connectivity index is 1.41. The van der Waals surface area contributed by atoms with Gasteiger partial charge in [0.2, 0.25) is 0 Å². The van der Waals surface area contributed by atoms with Gasteiger partial charge in [0.05, 0.1) is 13.2 Å². The number of hydrogen-bond donors (Lipinski definition) is 2. The van der Waals surface area contributed by atoms with Crippen LogP contribution in [0.25, 0.3) is 0 Å². The number of morpholine rings is 1. The van der Waals surface area contributed by atoms with Gasteiger partial charge in [-0.1, -0.05) is 30.3 Å². The van der Waals surface area contributed by atoms with Gasteiger partial charge in [0.25, 0.3) is 0 Å². The highest BCUT2D eigenvalue weighted by Crippen LogP contribution is 2.33. The van der Waals surface area contributed by atoms with Crippen molar-refractivity contribution in [3.8, 4) is 0 Å². The molecule has 0 spiro atoms. The smallest absolute Gasteiger partial charge is 0.191 e. The lowest BCUT2D eigenvalue weighted by atomic mass is 9.95. The zero-order valence-corrected chi connectivity index (χ0v) is 19.7. The van der Waals surface area contributed by atoms with Crippen molar-refractivity contribution < 1.29 is 4.74 Å². The normalized spacial score (nSPS) is 24.2. The van der Waals surface area contributed by atoms with E-state index in [4.69, 9.17) is 4.74 Å². The summed E-state index contributed by atoms with van der Waals surface area (Å²) in [7, 11) is 4.07. The van der Waals surface area contributed by atoms with E-state index in [1.807, 2.05) is 7.05 Å². The van der Waals surface area contributed by atoms with Gasteiger partial charge >= 0.3 is 0 Å². The van der Waals surface area contributed by atoms with E-state index < -0.39 is 0 Å². The lowest BCUT2D eigenvalue weighted by Crippen LogP contribution is -2.60. The lowest BCUT2D eigenvalue weighted by Gasteiger charge is -2.43. The van der Waals surface area contributed by atoms with Gasteiger partial charge in [-0.25, -0.2) is 0 Å². The molecule has 0 bridgehead atoms. The van der Waals surface area contributed by atoms with Crippen molar-refractivity contribution in [2.45, 2.75) is 37.9 Å². The molecule has 2 N–H and O–H groups in total. The van der Waals surface area contributed by atoms with Gasteiger partial charge in [-0.3, -0.25) is 14.8 Å². The molecule has 7 heteroatoms. The van der Waals surface area contributed by atoms with E-state index in [1.54, 1.807) is 0 Å². The Morgan fingerprint density at radius 2 is 2.03 bits per heavy atom. The van der Waals surface area contributed by atoms with Crippen LogP contribution in [-0.4, -0.2) is 92.3 Å². The Labute approximate surface area is 186 Å². The molecular formula is C23H39N5OS. The highest BCUT2D eigenvalue weighted by atomic mass is 32.2. The predicted molar refractivity (Wildman–Crippen MR) is 128 cm³/mol. The maximum atomic E-state index is 5.57. The number of guanidine groups is 1. The maximum Gasteiger partial charge on any atom is 0.191 e. The minimum Gasteiger partial charge on any atom is -0.379 e. The first-order chi connectivity index (χ1) is 14.6. The second kappa shape index (κ2) is 11.9. The first kappa shape index (κ1) is 23.4. The van der Waals surface area contributed by atoms with Gasteiger partial charge in [-0.05, 0) is 38.1 Å². The lowest BCUT2D eigenvalue weighted by molar-refractivity contribution is -0.0120. The number of nitrogens with one attached hydrogen (secondary N) is 2. The molecule has 2 atom stereocenters. The quantitative estimate of drug-likeness (QED) is 0.460. The van der Waals surface area contributed by atoms with Crippen LogP contribution < -0.4 is 10.6 Å². The van der Waals surface area contributed by atoms with E-state index >= 15 is 0 Å². The van der Waals surface area contributed by atoms with E-state index in [-0.39, 0.29) is 5.54 Å². The van der Waals surface area contributed by atoms with E-state index in [1.165, 1.54) is 23.5 Å². The van der Waals surface area contributed by atoms with Crippen molar-refractivity contribution in [1.29, 1.82) is 0 Å². The van der Waals surface area contributed by atoms with Crippen LogP contribution in [0.15, 0.2) is 35.3 Å². The minimum absolute atomic E-state index is 0.231. The third-order valence-electron chi connectivity index (χ3n) is 6.45. The molecule has 2 heterocycles. The Kier molecular flexibility index (Phi) is 9.30. The molecule has 2 aliphatic rings. The highest BCUT2D eigenvalue weighted by molar-refractivity contribution is 7.99. The zero-order chi connectivity index (χ0) is 21.2. The van der Waals surface area contributed by atoms with Gasteiger partial charge < -0.3 is 15.4 Å². The van der Waals surface area contributed by atoms with Gasteiger partial charge in [-0.15, -0.1) is 0 Å². The Hall–Kier alpha value is -1.28. The van der Waals surface area contributed by atoms with Crippen LogP contribution in [0.5, 0.6) is 0 Å². The van der Waals surface area contributed by atoms with Crippen LogP contribution in [0.2, 0.25) is 0 Å². The number of hydrogen-bond acceptors (Lipinski definition) is 5. The summed E-state index contributed by atoms with van der Waals surface area (Å²) < 4.78 is 5.57. The van der Waals surface area contributed by atoms with Gasteiger partial charge in [-0.2, -0.15) is 11.8 Å². The molecule has 30 heavy (non-hydrogen) atoms. The summed E-state index contributed by atoms with van der Waals surface area (Å²) in [5.74, 6) is 3.35. The summed E-state index contributed by atoms with van der Waals surface area (Å²) >= 11 is 2.07. The fourth-order valence-electron chi connectivity index (χ4n) is 4.25. The molecule has 2 aliphatic heterocycles. The van der Waals surface area contributed by atoms with Crippen LogP contribution >= 0.6 is 11.8 Å².